The quantitative estimate of drug-likeness (QED) is 0.144. The zero-order valence-corrected chi connectivity index (χ0v) is 20.4. The minimum atomic E-state index is -1.59. The van der Waals surface area contributed by atoms with Crippen LogP contribution in [0.2, 0.25) is 0 Å². The molecule has 0 aromatic carbocycles. The van der Waals surface area contributed by atoms with E-state index in [1.165, 1.54) is 109 Å². The Labute approximate surface area is 173 Å². The van der Waals surface area contributed by atoms with Crippen LogP contribution in [0.1, 0.15) is 123 Å². The lowest BCUT2D eigenvalue weighted by Crippen LogP contribution is -2.44. The van der Waals surface area contributed by atoms with Crippen molar-refractivity contribution < 1.29 is 8.85 Å². The van der Waals surface area contributed by atoms with Crippen molar-refractivity contribution in [2.24, 2.45) is 0 Å². The van der Waals surface area contributed by atoms with Gasteiger partial charge in [0.15, 0.2) is 0 Å². The lowest BCUT2D eigenvalue weighted by atomic mass is 10.0. The Kier molecular flexibility index (Phi) is 22.5. The van der Waals surface area contributed by atoms with E-state index in [0.29, 0.717) is 0 Å². The van der Waals surface area contributed by atoms with E-state index in [1.54, 1.807) is 14.2 Å². The molecule has 0 saturated carbocycles. The fraction of sp³-hybridized carbons (Fsp3) is 1.00. The topological polar surface area (TPSA) is 21.7 Å². The molecule has 0 heterocycles. The Morgan fingerprint density at radius 2 is 0.852 bits per heavy atom. The van der Waals surface area contributed by atoms with Crippen LogP contribution in [0, 0.1) is 0 Å². The Balaban J connectivity index is 3.32. The van der Waals surface area contributed by atoms with Crippen LogP contribution >= 0.6 is 0 Å². The van der Waals surface area contributed by atoms with Crippen LogP contribution in [0.15, 0.2) is 0 Å². The molecule has 164 valence electrons. The molecule has 0 fully saturated rings. The van der Waals surface area contributed by atoms with Gasteiger partial charge in [0.05, 0.1) is 0 Å². The van der Waals surface area contributed by atoms with E-state index in [1.807, 2.05) is 0 Å². The molecule has 0 N–H and O–H groups in total. The average Bonchev–Trinajstić information content (AvgIpc) is 2.68. The molecule has 0 aliphatic heterocycles. The summed E-state index contributed by atoms with van der Waals surface area (Å²) < 4.78 is 13.5. The molecule has 0 unspecified atom stereocenters. The van der Waals surface area contributed by atoms with E-state index < -0.39 is 9.45 Å². The minimum Gasteiger partial charge on any atom is -0.388 e. The van der Waals surface area contributed by atoms with Crippen molar-refractivity contribution in [3.63, 3.8) is 0 Å². The fourth-order valence-corrected chi connectivity index (χ4v) is 5.52. The number of nitrogens with zero attached hydrogens (tertiary/aromatic N) is 1. The van der Waals surface area contributed by atoms with Crippen molar-refractivity contribution >= 4 is 9.45 Å². The van der Waals surface area contributed by atoms with Crippen LogP contribution < -0.4 is 0 Å². The van der Waals surface area contributed by atoms with E-state index in [0.717, 1.165) is 13.1 Å². The monoisotopic (exact) mass is 401 g/mol. The van der Waals surface area contributed by atoms with E-state index >= 15 is 0 Å². The largest absolute Gasteiger partial charge is 0.410 e. The van der Waals surface area contributed by atoms with Crippen molar-refractivity contribution in [3.8, 4) is 0 Å². The maximum Gasteiger partial charge on any atom is 0.410 e. The van der Waals surface area contributed by atoms with Gasteiger partial charge in [0, 0.05) is 14.2 Å². The van der Waals surface area contributed by atoms with Crippen LogP contribution in [0.3, 0.4) is 0 Å². The second-order valence-electron chi connectivity index (χ2n) is 8.12. The van der Waals surface area contributed by atoms with Gasteiger partial charge in [0.25, 0.3) is 0 Å². The zero-order valence-electron chi connectivity index (χ0n) is 19.3. The standard InChI is InChI=1S/C23H51NO2Si/c1-5-7-8-9-10-11-12-13-14-15-16-17-18-19-20-21-23-24(22-6-2)27(25-3)26-4/h27H,5-23H2,1-4H3. The third-order valence-corrected chi connectivity index (χ3v) is 7.43. The first-order chi connectivity index (χ1) is 13.3. The predicted octanol–water partition coefficient (Wildman–Crippen LogP) is 6.97. The van der Waals surface area contributed by atoms with Crippen LogP contribution in [0.4, 0.5) is 0 Å². The summed E-state index contributed by atoms with van der Waals surface area (Å²) in [5.74, 6) is 0. The van der Waals surface area contributed by atoms with Crippen molar-refractivity contribution in [1.82, 2.24) is 4.57 Å². The molecule has 0 aliphatic carbocycles. The van der Waals surface area contributed by atoms with Crippen molar-refractivity contribution in [3.05, 3.63) is 0 Å². The van der Waals surface area contributed by atoms with Crippen molar-refractivity contribution in [2.75, 3.05) is 27.3 Å². The maximum absolute atomic E-state index is 5.54. The highest BCUT2D eigenvalue weighted by atomic mass is 28.3. The molecule has 0 aromatic heterocycles. The number of hydrogen-bond donors (Lipinski definition) is 0. The molecular weight excluding hydrogens is 350 g/mol. The van der Waals surface area contributed by atoms with Gasteiger partial charge in [-0.15, -0.1) is 0 Å². The number of rotatable bonds is 22. The van der Waals surface area contributed by atoms with Crippen LogP contribution in [-0.2, 0) is 8.85 Å². The van der Waals surface area contributed by atoms with E-state index in [-0.39, 0.29) is 0 Å². The summed E-state index contributed by atoms with van der Waals surface area (Å²) in [5, 5.41) is 0. The summed E-state index contributed by atoms with van der Waals surface area (Å²) in [7, 11) is 1.99. The Morgan fingerprint density at radius 1 is 0.481 bits per heavy atom. The summed E-state index contributed by atoms with van der Waals surface area (Å²) in [6.07, 6.45) is 24.0. The molecule has 0 saturated heterocycles. The minimum absolute atomic E-state index is 1.11. The van der Waals surface area contributed by atoms with Crippen molar-refractivity contribution in [1.29, 1.82) is 0 Å². The SMILES string of the molecule is CCCCCCCCCCCCCCCCCCN(CCC)[SiH](OC)OC. The van der Waals surface area contributed by atoms with Gasteiger partial charge in [-0.2, -0.15) is 0 Å². The Morgan fingerprint density at radius 3 is 1.19 bits per heavy atom. The molecule has 0 aliphatic rings. The highest BCUT2D eigenvalue weighted by Crippen LogP contribution is 2.14. The van der Waals surface area contributed by atoms with Crippen LogP contribution in [0.25, 0.3) is 0 Å². The third kappa shape index (κ3) is 17.9. The fourth-order valence-electron chi connectivity index (χ4n) is 3.87. The van der Waals surface area contributed by atoms with Crippen LogP contribution in [0.5, 0.6) is 0 Å². The molecule has 0 atom stereocenters. The van der Waals surface area contributed by atoms with Gasteiger partial charge in [-0.1, -0.05) is 110 Å². The molecule has 0 radical (unpaired) electrons. The maximum atomic E-state index is 5.54. The molecule has 27 heavy (non-hydrogen) atoms. The first-order valence-electron chi connectivity index (χ1n) is 12.1. The lowest BCUT2D eigenvalue weighted by Gasteiger charge is -2.26. The number of unbranched alkanes of at least 4 members (excludes halogenated alkanes) is 15. The van der Waals surface area contributed by atoms with Gasteiger partial charge >= 0.3 is 9.45 Å². The molecule has 0 amide bonds. The molecule has 0 spiro atoms. The van der Waals surface area contributed by atoms with Gasteiger partial charge < -0.3 is 8.85 Å². The van der Waals surface area contributed by atoms with Gasteiger partial charge in [-0.25, -0.2) is 0 Å². The molecule has 0 rings (SSSR count). The third-order valence-electron chi connectivity index (χ3n) is 5.51. The second-order valence-corrected chi connectivity index (χ2v) is 10.4. The van der Waals surface area contributed by atoms with Crippen molar-refractivity contribution in [2.45, 2.75) is 123 Å². The zero-order chi connectivity index (χ0) is 20.0. The van der Waals surface area contributed by atoms with Crippen LogP contribution in [-0.4, -0.2) is 41.3 Å². The molecule has 3 nitrogen and oxygen atoms in total. The van der Waals surface area contributed by atoms with Gasteiger partial charge in [-0.05, 0) is 25.9 Å². The molecule has 0 bridgehead atoms. The molecule has 0 aromatic rings. The Bertz CT molecular complexity index is 275. The molecular formula is C23H51NO2Si. The summed E-state index contributed by atoms with van der Waals surface area (Å²) in [6, 6.07) is 0. The highest BCUT2D eigenvalue weighted by molar-refractivity contribution is 6.40. The lowest BCUT2D eigenvalue weighted by molar-refractivity contribution is 0.196. The highest BCUT2D eigenvalue weighted by Gasteiger charge is 2.19. The van der Waals surface area contributed by atoms with E-state index in [9.17, 15) is 0 Å². The second kappa shape index (κ2) is 22.4. The Hall–Kier alpha value is 0.0969. The average molecular weight is 402 g/mol. The summed E-state index contributed by atoms with van der Waals surface area (Å²) in [4.78, 5) is 0. The normalized spacial score (nSPS) is 11.8. The smallest absolute Gasteiger partial charge is 0.388 e. The van der Waals surface area contributed by atoms with Gasteiger partial charge in [-0.3, -0.25) is 4.57 Å². The summed E-state index contributed by atoms with van der Waals surface area (Å²) in [6.45, 7) is 6.78. The summed E-state index contributed by atoms with van der Waals surface area (Å²) >= 11 is 0. The first-order valence-corrected chi connectivity index (χ1v) is 13.6. The van der Waals surface area contributed by atoms with E-state index in [4.69, 9.17) is 8.85 Å². The van der Waals surface area contributed by atoms with Gasteiger partial charge in [0.1, 0.15) is 0 Å². The molecule has 4 heteroatoms. The predicted molar refractivity (Wildman–Crippen MR) is 123 cm³/mol. The van der Waals surface area contributed by atoms with Gasteiger partial charge in [0.2, 0.25) is 0 Å². The van der Waals surface area contributed by atoms with E-state index in [2.05, 4.69) is 18.4 Å². The first kappa shape index (κ1) is 27.1. The number of hydrogen-bond acceptors (Lipinski definition) is 3. The summed E-state index contributed by atoms with van der Waals surface area (Å²) in [5.41, 5.74) is 0.